The van der Waals surface area contributed by atoms with Gasteiger partial charge < -0.3 is 5.32 Å². The standard InChI is InChI=1S/C16H16Br2ClN/c1-10(13-5-3-4-6-15(13)18)20-11(2)14-8-7-12(17)9-16(14)19/h3-11,20H,1-2H3/t10-,11?/m0/s1. The van der Waals surface area contributed by atoms with Crippen molar-refractivity contribution in [1.29, 1.82) is 0 Å². The molecule has 0 bridgehead atoms. The van der Waals surface area contributed by atoms with Crippen molar-refractivity contribution in [3.8, 4) is 0 Å². The molecule has 1 nitrogen and oxygen atoms in total. The van der Waals surface area contributed by atoms with Gasteiger partial charge >= 0.3 is 0 Å². The van der Waals surface area contributed by atoms with Crippen molar-refractivity contribution < 1.29 is 0 Å². The molecule has 1 unspecified atom stereocenters. The van der Waals surface area contributed by atoms with Gasteiger partial charge in [-0.1, -0.05) is 67.7 Å². The van der Waals surface area contributed by atoms with Crippen LogP contribution in [0.4, 0.5) is 0 Å². The highest BCUT2D eigenvalue weighted by Crippen LogP contribution is 2.29. The fraction of sp³-hybridized carbons (Fsp3) is 0.250. The topological polar surface area (TPSA) is 12.0 Å². The molecule has 0 aromatic heterocycles. The molecule has 0 fully saturated rings. The van der Waals surface area contributed by atoms with E-state index in [1.54, 1.807) is 0 Å². The van der Waals surface area contributed by atoms with Gasteiger partial charge in [0.25, 0.3) is 0 Å². The molecule has 0 aliphatic carbocycles. The second-order valence-electron chi connectivity index (χ2n) is 4.80. The monoisotopic (exact) mass is 415 g/mol. The quantitative estimate of drug-likeness (QED) is 0.618. The Kier molecular flexibility index (Phi) is 5.67. The Labute approximate surface area is 142 Å². The zero-order chi connectivity index (χ0) is 14.7. The highest BCUT2D eigenvalue weighted by Gasteiger charge is 2.15. The Morgan fingerprint density at radius 2 is 1.60 bits per heavy atom. The van der Waals surface area contributed by atoms with E-state index in [0.29, 0.717) is 0 Å². The zero-order valence-electron chi connectivity index (χ0n) is 11.3. The lowest BCUT2D eigenvalue weighted by molar-refractivity contribution is 0.493. The van der Waals surface area contributed by atoms with E-state index in [0.717, 1.165) is 19.5 Å². The number of hydrogen-bond acceptors (Lipinski definition) is 1. The van der Waals surface area contributed by atoms with Gasteiger partial charge in [0, 0.05) is 26.1 Å². The third-order valence-electron chi connectivity index (χ3n) is 3.30. The first-order valence-electron chi connectivity index (χ1n) is 6.44. The Bertz CT molecular complexity index is 601. The van der Waals surface area contributed by atoms with Crippen molar-refractivity contribution in [2.75, 3.05) is 0 Å². The third kappa shape index (κ3) is 3.85. The smallest absolute Gasteiger partial charge is 0.0464 e. The van der Waals surface area contributed by atoms with E-state index in [1.807, 2.05) is 18.2 Å². The molecule has 20 heavy (non-hydrogen) atoms. The number of rotatable bonds is 4. The Morgan fingerprint density at radius 1 is 0.950 bits per heavy atom. The van der Waals surface area contributed by atoms with Crippen LogP contribution in [-0.4, -0.2) is 0 Å². The summed E-state index contributed by atoms with van der Waals surface area (Å²) in [6.45, 7) is 4.28. The van der Waals surface area contributed by atoms with Crippen LogP contribution in [0, 0.1) is 0 Å². The molecule has 0 spiro atoms. The lowest BCUT2D eigenvalue weighted by Crippen LogP contribution is -2.23. The summed E-state index contributed by atoms with van der Waals surface area (Å²) in [5.41, 5.74) is 2.35. The van der Waals surface area contributed by atoms with Gasteiger partial charge in [-0.15, -0.1) is 0 Å². The van der Waals surface area contributed by atoms with Gasteiger partial charge in [-0.2, -0.15) is 0 Å². The summed E-state index contributed by atoms with van der Waals surface area (Å²) >= 11 is 13.3. The predicted octanol–water partition coefficient (Wildman–Crippen LogP) is 6.28. The van der Waals surface area contributed by atoms with Crippen molar-refractivity contribution in [3.63, 3.8) is 0 Å². The summed E-state index contributed by atoms with van der Waals surface area (Å²) in [4.78, 5) is 0. The fourth-order valence-corrected chi connectivity index (χ4v) is 3.70. The molecule has 0 saturated carbocycles. The Morgan fingerprint density at radius 3 is 2.25 bits per heavy atom. The van der Waals surface area contributed by atoms with Crippen molar-refractivity contribution in [2.45, 2.75) is 25.9 Å². The largest absolute Gasteiger partial charge is 0.304 e. The van der Waals surface area contributed by atoms with Gasteiger partial charge in [0.05, 0.1) is 0 Å². The summed E-state index contributed by atoms with van der Waals surface area (Å²) in [6, 6.07) is 14.7. The van der Waals surface area contributed by atoms with Crippen LogP contribution < -0.4 is 5.32 Å². The molecule has 0 radical (unpaired) electrons. The van der Waals surface area contributed by atoms with E-state index >= 15 is 0 Å². The SMILES string of the molecule is CC(N[C@@H](C)c1ccccc1Br)c1ccc(Br)cc1Cl. The van der Waals surface area contributed by atoms with Gasteiger partial charge in [0.15, 0.2) is 0 Å². The number of nitrogens with one attached hydrogen (secondary N) is 1. The molecule has 4 heteroatoms. The molecule has 2 aromatic carbocycles. The Balaban J connectivity index is 2.15. The van der Waals surface area contributed by atoms with Gasteiger partial charge in [-0.05, 0) is 43.2 Å². The molecule has 0 aliphatic rings. The van der Waals surface area contributed by atoms with E-state index in [4.69, 9.17) is 11.6 Å². The highest BCUT2D eigenvalue weighted by molar-refractivity contribution is 9.10. The average molecular weight is 418 g/mol. The van der Waals surface area contributed by atoms with E-state index in [2.05, 4.69) is 75.3 Å². The van der Waals surface area contributed by atoms with E-state index < -0.39 is 0 Å². The van der Waals surface area contributed by atoms with Crippen molar-refractivity contribution >= 4 is 43.5 Å². The highest BCUT2D eigenvalue weighted by atomic mass is 79.9. The van der Waals surface area contributed by atoms with E-state index in [1.165, 1.54) is 5.56 Å². The molecule has 0 saturated heterocycles. The van der Waals surface area contributed by atoms with Gasteiger partial charge in [-0.25, -0.2) is 0 Å². The molecule has 2 atom stereocenters. The van der Waals surface area contributed by atoms with E-state index in [9.17, 15) is 0 Å². The molecule has 0 aliphatic heterocycles. The van der Waals surface area contributed by atoms with Crippen molar-refractivity contribution in [2.24, 2.45) is 0 Å². The lowest BCUT2D eigenvalue weighted by atomic mass is 10.0. The van der Waals surface area contributed by atoms with Crippen LogP contribution in [0.25, 0.3) is 0 Å². The summed E-state index contributed by atoms with van der Waals surface area (Å²) in [7, 11) is 0. The van der Waals surface area contributed by atoms with Crippen molar-refractivity contribution in [1.82, 2.24) is 5.32 Å². The minimum absolute atomic E-state index is 0.178. The molecule has 2 aromatic rings. The second-order valence-corrected chi connectivity index (χ2v) is 6.97. The summed E-state index contributed by atoms with van der Waals surface area (Å²) in [5.74, 6) is 0. The van der Waals surface area contributed by atoms with Crippen LogP contribution in [-0.2, 0) is 0 Å². The number of halogens is 3. The van der Waals surface area contributed by atoms with Gasteiger partial charge in [0.1, 0.15) is 0 Å². The maximum Gasteiger partial charge on any atom is 0.0464 e. The Hall–Kier alpha value is -0.350. The van der Waals surface area contributed by atoms with Crippen LogP contribution in [0.1, 0.15) is 37.1 Å². The number of benzene rings is 2. The van der Waals surface area contributed by atoms with Gasteiger partial charge in [0.2, 0.25) is 0 Å². The fourth-order valence-electron chi connectivity index (χ4n) is 2.23. The van der Waals surface area contributed by atoms with Crippen LogP contribution >= 0.6 is 43.5 Å². The third-order valence-corrected chi connectivity index (χ3v) is 4.84. The first-order chi connectivity index (χ1) is 9.49. The number of hydrogen-bond donors (Lipinski definition) is 1. The zero-order valence-corrected chi connectivity index (χ0v) is 15.3. The van der Waals surface area contributed by atoms with Crippen LogP contribution in [0.3, 0.4) is 0 Å². The molecular formula is C16H16Br2ClN. The molecule has 2 rings (SSSR count). The van der Waals surface area contributed by atoms with Crippen LogP contribution in [0.2, 0.25) is 5.02 Å². The van der Waals surface area contributed by atoms with Crippen LogP contribution in [0.15, 0.2) is 51.4 Å². The predicted molar refractivity (Wildman–Crippen MR) is 93.3 cm³/mol. The maximum absolute atomic E-state index is 6.31. The minimum atomic E-state index is 0.178. The van der Waals surface area contributed by atoms with E-state index in [-0.39, 0.29) is 12.1 Å². The van der Waals surface area contributed by atoms with Crippen molar-refractivity contribution in [3.05, 3.63) is 67.6 Å². The van der Waals surface area contributed by atoms with Gasteiger partial charge in [-0.3, -0.25) is 0 Å². The molecule has 1 N–H and O–H groups in total. The normalized spacial score (nSPS) is 14.1. The lowest BCUT2D eigenvalue weighted by Gasteiger charge is -2.22. The minimum Gasteiger partial charge on any atom is -0.304 e. The first-order valence-corrected chi connectivity index (χ1v) is 8.41. The summed E-state index contributed by atoms with van der Waals surface area (Å²) in [6.07, 6.45) is 0. The summed E-state index contributed by atoms with van der Waals surface area (Å²) in [5, 5.41) is 4.36. The summed E-state index contributed by atoms with van der Waals surface area (Å²) < 4.78 is 2.12. The maximum atomic E-state index is 6.31. The second kappa shape index (κ2) is 7.08. The average Bonchev–Trinajstić information content (AvgIpc) is 2.38. The molecule has 0 amide bonds. The van der Waals surface area contributed by atoms with Crippen LogP contribution in [0.5, 0.6) is 0 Å². The molecule has 0 heterocycles. The molecule has 106 valence electrons. The molecular weight excluding hydrogens is 401 g/mol. The first kappa shape index (κ1) is 16.0.